The maximum atomic E-state index is 10.1. The molecule has 0 aliphatic rings. The first kappa shape index (κ1) is 7.95. The predicted octanol–water partition coefficient (Wildman–Crippen LogP) is 1.45. The second-order valence-electron chi connectivity index (χ2n) is 1.75. The molecule has 0 fully saturated rings. The average Bonchev–Trinajstić information content (AvgIpc) is 1.82. The highest BCUT2D eigenvalue weighted by Crippen LogP contribution is 1.95. The van der Waals surface area contributed by atoms with Crippen molar-refractivity contribution in [2.75, 3.05) is 0 Å². The summed E-state index contributed by atoms with van der Waals surface area (Å²) in [6.07, 6.45) is 4.76. The molecule has 0 heterocycles. The third-order valence-corrected chi connectivity index (χ3v) is 0.925. The molecular formula is C7H10O2. The molecular weight excluding hydrogens is 116 g/mol. The lowest BCUT2D eigenvalue weighted by atomic mass is 10.2. The summed E-state index contributed by atoms with van der Waals surface area (Å²) in [5.41, 5.74) is 0. The monoisotopic (exact) mass is 126 g/mol. The Morgan fingerprint density at radius 1 is 1.78 bits per heavy atom. The molecule has 9 heavy (non-hydrogen) atoms. The topological polar surface area (TPSA) is 37.3 Å². The molecule has 2 heteroatoms. The molecule has 0 aliphatic heterocycles. The fourth-order valence-electron chi connectivity index (χ4n) is 0.328. The van der Waals surface area contributed by atoms with Gasteiger partial charge in [-0.2, -0.15) is 0 Å². The summed E-state index contributed by atoms with van der Waals surface area (Å²) in [5.74, 6) is -1.23. The largest absolute Gasteiger partial charge is 0.481 e. The van der Waals surface area contributed by atoms with Crippen molar-refractivity contribution in [2.45, 2.75) is 6.92 Å². The molecule has 0 aromatic heterocycles. The van der Waals surface area contributed by atoms with Gasteiger partial charge in [-0.1, -0.05) is 24.8 Å². The van der Waals surface area contributed by atoms with Gasteiger partial charge in [0.25, 0.3) is 0 Å². The lowest BCUT2D eigenvalue weighted by molar-refractivity contribution is -0.139. The van der Waals surface area contributed by atoms with E-state index in [1.807, 2.05) is 0 Å². The van der Waals surface area contributed by atoms with Crippen LogP contribution in [-0.4, -0.2) is 11.1 Å². The predicted molar refractivity (Wildman–Crippen MR) is 36.1 cm³/mol. The van der Waals surface area contributed by atoms with Gasteiger partial charge in [0.2, 0.25) is 0 Å². The number of carboxylic acids is 1. The van der Waals surface area contributed by atoms with Crippen molar-refractivity contribution in [3.63, 3.8) is 0 Å². The van der Waals surface area contributed by atoms with E-state index < -0.39 is 11.9 Å². The van der Waals surface area contributed by atoms with E-state index >= 15 is 0 Å². The Morgan fingerprint density at radius 2 is 2.33 bits per heavy atom. The molecule has 1 atom stereocenters. The lowest BCUT2D eigenvalue weighted by Crippen LogP contribution is -2.05. The summed E-state index contributed by atoms with van der Waals surface area (Å²) in [7, 11) is 0. The van der Waals surface area contributed by atoms with E-state index in [9.17, 15) is 4.79 Å². The summed E-state index contributed by atoms with van der Waals surface area (Å²) < 4.78 is 0. The SMILES string of the molecule is C=C/C=C\C(C)C(=O)O. The third kappa shape index (κ3) is 3.53. The first-order valence-electron chi connectivity index (χ1n) is 2.70. The highest BCUT2D eigenvalue weighted by Gasteiger charge is 2.03. The third-order valence-electron chi connectivity index (χ3n) is 0.925. The zero-order valence-corrected chi connectivity index (χ0v) is 5.37. The summed E-state index contributed by atoms with van der Waals surface area (Å²) in [4.78, 5) is 10.1. The van der Waals surface area contributed by atoms with Crippen LogP contribution in [0.15, 0.2) is 24.8 Å². The Morgan fingerprint density at radius 3 is 2.67 bits per heavy atom. The van der Waals surface area contributed by atoms with Gasteiger partial charge in [-0.3, -0.25) is 4.79 Å². The van der Waals surface area contributed by atoms with Crippen LogP contribution >= 0.6 is 0 Å². The van der Waals surface area contributed by atoms with E-state index in [-0.39, 0.29) is 0 Å². The van der Waals surface area contributed by atoms with Crippen molar-refractivity contribution in [1.29, 1.82) is 0 Å². The zero-order valence-electron chi connectivity index (χ0n) is 5.37. The molecule has 2 nitrogen and oxygen atoms in total. The molecule has 0 aromatic carbocycles. The van der Waals surface area contributed by atoms with Crippen LogP contribution in [-0.2, 0) is 4.79 Å². The molecule has 0 bridgehead atoms. The Balaban J connectivity index is 3.75. The molecule has 0 saturated heterocycles. The van der Waals surface area contributed by atoms with Crippen molar-refractivity contribution in [2.24, 2.45) is 5.92 Å². The molecule has 0 rings (SSSR count). The second-order valence-corrected chi connectivity index (χ2v) is 1.75. The van der Waals surface area contributed by atoms with Gasteiger partial charge in [0.1, 0.15) is 0 Å². The Bertz CT molecular complexity index is 136. The maximum Gasteiger partial charge on any atom is 0.310 e. The standard InChI is InChI=1S/C7H10O2/c1-3-4-5-6(2)7(8)9/h3-6H,1H2,2H3,(H,8,9)/b5-4-. The number of allylic oxidation sites excluding steroid dienone is 2. The van der Waals surface area contributed by atoms with Crippen LogP contribution in [0.5, 0.6) is 0 Å². The minimum absolute atomic E-state index is 0.414. The molecule has 0 aromatic rings. The average molecular weight is 126 g/mol. The van der Waals surface area contributed by atoms with Gasteiger partial charge in [0, 0.05) is 0 Å². The maximum absolute atomic E-state index is 10.1. The number of hydrogen-bond acceptors (Lipinski definition) is 1. The minimum atomic E-state index is -0.812. The normalized spacial score (nSPS) is 13.4. The molecule has 0 amide bonds. The van der Waals surface area contributed by atoms with Crippen LogP contribution in [0.2, 0.25) is 0 Å². The number of rotatable bonds is 3. The van der Waals surface area contributed by atoms with Crippen LogP contribution in [0.1, 0.15) is 6.92 Å². The van der Waals surface area contributed by atoms with Crippen molar-refractivity contribution in [3.8, 4) is 0 Å². The summed E-state index contributed by atoms with van der Waals surface area (Å²) in [6, 6.07) is 0. The number of aliphatic carboxylic acids is 1. The van der Waals surface area contributed by atoms with E-state index in [0.29, 0.717) is 0 Å². The second kappa shape index (κ2) is 3.89. The van der Waals surface area contributed by atoms with Crippen molar-refractivity contribution < 1.29 is 9.90 Å². The van der Waals surface area contributed by atoms with E-state index in [0.717, 1.165) is 0 Å². The fourth-order valence-corrected chi connectivity index (χ4v) is 0.328. The first-order valence-corrected chi connectivity index (χ1v) is 2.70. The van der Waals surface area contributed by atoms with Crippen molar-refractivity contribution in [1.82, 2.24) is 0 Å². The van der Waals surface area contributed by atoms with Crippen LogP contribution < -0.4 is 0 Å². The number of carbonyl (C=O) groups is 1. The summed E-state index contributed by atoms with van der Waals surface area (Å²) in [6.45, 7) is 5.03. The first-order chi connectivity index (χ1) is 4.18. The highest BCUT2D eigenvalue weighted by atomic mass is 16.4. The summed E-state index contributed by atoms with van der Waals surface area (Å²) in [5, 5.41) is 8.32. The molecule has 0 saturated carbocycles. The number of hydrogen-bond donors (Lipinski definition) is 1. The lowest BCUT2D eigenvalue weighted by Gasteiger charge is -1.93. The van der Waals surface area contributed by atoms with E-state index in [1.54, 1.807) is 25.2 Å². The van der Waals surface area contributed by atoms with Gasteiger partial charge in [0.15, 0.2) is 0 Å². The quantitative estimate of drug-likeness (QED) is 0.581. The Hall–Kier alpha value is -1.05. The molecule has 0 radical (unpaired) electrons. The van der Waals surface area contributed by atoms with Gasteiger partial charge in [-0.05, 0) is 6.92 Å². The minimum Gasteiger partial charge on any atom is -0.481 e. The molecule has 1 N–H and O–H groups in total. The molecule has 0 aliphatic carbocycles. The summed E-state index contributed by atoms with van der Waals surface area (Å²) >= 11 is 0. The smallest absolute Gasteiger partial charge is 0.310 e. The van der Waals surface area contributed by atoms with Crippen LogP contribution in [0.3, 0.4) is 0 Å². The molecule has 50 valence electrons. The van der Waals surface area contributed by atoms with Gasteiger partial charge < -0.3 is 5.11 Å². The van der Waals surface area contributed by atoms with Crippen molar-refractivity contribution in [3.05, 3.63) is 24.8 Å². The zero-order chi connectivity index (χ0) is 7.28. The highest BCUT2D eigenvalue weighted by molar-refractivity contribution is 5.71. The number of carboxylic acid groups (broad SMARTS) is 1. The van der Waals surface area contributed by atoms with Crippen molar-refractivity contribution >= 4 is 5.97 Å². The Labute approximate surface area is 54.5 Å². The van der Waals surface area contributed by atoms with E-state index in [4.69, 9.17) is 5.11 Å². The van der Waals surface area contributed by atoms with Gasteiger partial charge in [0.05, 0.1) is 5.92 Å². The van der Waals surface area contributed by atoms with Gasteiger partial charge in [-0.15, -0.1) is 0 Å². The van der Waals surface area contributed by atoms with Gasteiger partial charge >= 0.3 is 5.97 Å². The fraction of sp³-hybridized carbons (Fsp3) is 0.286. The van der Waals surface area contributed by atoms with Crippen LogP contribution in [0.4, 0.5) is 0 Å². The van der Waals surface area contributed by atoms with Crippen LogP contribution in [0.25, 0.3) is 0 Å². The van der Waals surface area contributed by atoms with E-state index in [2.05, 4.69) is 6.58 Å². The Kier molecular flexibility index (Phi) is 3.44. The van der Waals surface area contributed by atoms with Gasteiger partial charge in [-0.25, -0.2) is 0 Å². The van der Waals surface area contributed by atoms with Crippen LogP contribution in [0, 0.1) is 5.92 Å². The molecule has 1 unspecified atom stereocenters. The van der Waals surface area contributed by atoms with E-state index in [1.165, 1.54) is 0 Å². The molecule has 0 spiro atoms.